The summed E-state index contributed by atoms with van der Waals surface area (Å²) in [6.07, 6.45) is -4.54. The zero-order valence-electron chi connectivity index (χ0n) is 12.5. The highest BCUT2D eigenvalue weighted by atomic mass is 19.4. The molecule has 120 valence electrons. The lowest BCUT2D eigenvalue weighted by atomic mass is 9.85. The van der Waals surface area contributed by atoms with E-state index in [1.165, 1.54) is 12.1 Å². The minimum absolute atomic E-state index is 0.130. The lowest BCUT2D eigenvalue weighted by molar-refractivity contribution is -0.274. The van der Waals surface area contributed by atoms with E-state index in [1.54, 1.807) is 0 Å². The molecule has 0 spiro atoms. The Morgan fingerprint density at radius 3 is 2.29 bits per heavy atom. The van der Waals surface area contributed by atoms with Gasteiger partial charge >= 0.3 is 6.36 Å². The summed E-state index contributed by atoms with van der Waals surface area (Å²) >= 11 is 0. The average Bonchev–Trinajstić information content (AvgIpc) is 2.32. The average molecular weight is 305 g/mol. The predicted molar refractivity (Wildman–Crippen MR) is 75.2 cm³/mol. The van der Waals surface area contributed by atoms with Crippen LogP contribution >= 0.6 is 0 Å². The van der Waals surface area contributed by atoms with E-state index in [0.717, 1.165) is 5.56 Å². The number of hydrogen-bond acceptors (Lipinski definition) is 3. The van der Waals surface area contributed by atoms with Gasteiger partial charge in [0.2, 0.25) is 0 Å². The van der Waals surface area contributed by atoms with Crippen LogP contribution in [-0.2, 0) is 11.8 Å². The fourth-order valence-electron chi connectivity index (χ4n) is 1.88. The van der Waals surface area contributed by atoms with Crippen molar-refractivity contribution in [2.24, 2.45) is 5.73 Å². The molecule has 0 radical (unpaired) electrons. The van der Waals surface area contributed by atoms with Crippen LogP contribution in [0.25, 0.3) is 0 Å². The van der Waals surface area contributed by atoms with Gasteiger partial charge in [-0.3, -0.25) is 0 Å². The molecule has 0 heterocycles. The maximum atomic E-state index is 12.4. The van der Waals surface area contributed by atoms with E-state index in [9.17, 15) is 18.3 Å². The number of aliphatic hydroxyl groups is 1. The van der Waals surface area contributed by atoms with Gasteiger partial charge in [0, 0.05) is 6.54 Å². The van der Waals surface area contributed by atoms with E-state index < -0.39 is 12.5 Å². The van der Waals surface area contributed by atoms with Crippen LogP contribution in [0.2, 0.25) is 0 Å². The maximum Gasteiger partial charge on any atom is 0.573 e. The molecular formula is C15H22F3NO2. The van der Waals surface area contributed by atoms with Crippen molar-refractivity contribution in [3.63, 3.8) is 0 Å². The lowest BCUT2D eigenvalue weighted by Crippen LogP contribution is -2.21. The summed E-state index contributed by atoms with van der Waals surface area (Å²) in [5.74, 6) is -0.229. The van der Waals surface area contributed by atoms with Gasteiger partial charge in [-0.2, -0.15) is 0 Å². The van der Waals surface area contributed by atoms with Gasteiger partial charge in [0.1, 0.15) is 5.75 Å². The Hall–Kier alpha value is -1.27. The number of benzene rings is 1. The first kappa shape index (κ1) is 17.8. The van der Waals surface area contributed by atoms with Crippen molar-refractivity contribution in [1.29, 1.82) is 0 Å². The maximum absolute atomic E-state index is 12.4. The van der Waals surface area contributed by atoms with Gasteiger partial charge < -0.3 is 15.6 Å². The first-order valence-electron chi connectivity index (χ1n) is 6.79. The van der Waals surface area contributed by atoms with Crippen LogP contribution < -0.4 is 10.5 Å². The Bertz CT molecular complexity index is 467. The molecule has 0 aliphatic carbocycles. The van der Waals surface area contributed by atoms with E-state index in [-0.39, 0.29) is 17.7 Å². The first-order chi connectivity index (χ1) is 9.51. The first-order valence-corrected chi connectivity index (χ1v) is 6.79. The minimum Gasteiger partial charge on any atom is -0.406 e. The fraction of sp³-hybridized carbons (Fsp3) is 0.600. The number of ether oxygens (including phenoxy) is 1. The van der Waals surface area contributed by atoms with Crippen molar-refractivity contribution < 1.29 is 23.0 Å². The highest BCUT2D eigenvalue weighted by Crippen LogP contribution is 2.31. The molecule has 1 aromatic rings. The van der Waals surface area contributed by atoms with Crippen LogP contribution in [0.15, 0.2) is 18.2 Å². The monoisotopic (exact) mass is 305 g/mol. The second-order valence-electron chi connectivity index (χ2n) is 6.09. The third kappa shape index (κ3) is 6.35. The Labute approximate surface area is 122 Å². The molecule has 1 aromatic carbocycles. The number of aliphatic hydroxyl groups excluding tert-OH is 1. The number of alkyl halides is 3. The van der Waals surface area contributed by atoms with Gasteiger partial charge in [-0.05, 0) is 41.5 Å². The Morgan fingerprint density at radius 2 is 1.81 bits per heavy atom. The predicted octanol–water partition coefficient (Wildman–Crippen LogP) is 3.13. The van der Waals surface area contributed by atoms with Crippen LogP contribution in [0.3, 0.4) is 0 Å². The van der Waals surface area contributed by atoms with Crippen LogP contribution in [0.5, 0.6) is 5.75 Å². The fourth-order valence-corrected chi connectivity index (χ4v) is 1.88. The second kappa shape index (κ2) is 6.66. The Kier molecular flexibility index (Phi) is 5.64. The highest BCUT2D eigenvalue weighted by Gasteiger charge is 2.31. The van der Waals surface area contributed by atoms with Gasteiger partial charge in [0.15, 0.2) is 0 Å². The highest BCUT2D eigenvalue weighted by molar-refractivity contribution is 5.38. The molecule has 0 amide bonds. The van der Waals surface area contributed by atoms with Crippen molar-refractivity contribution in [2.45, 2.75) is 51.5 Å². The summed E-state index contributed by atoms with van der Waals surface area (Å²) < 4.78 is 41.2. The summed E-state index contributed by atoms with van der Waals surface area (Å²) in [7, 11) is 0. The Morgan fingerprint density at radius 1 is 1.19 bits per heavy atom. The van der Waals surface area contributed by atoms with Crippen molar-refractivity contribution in [3.05, 3.63) is 29.3 Å². The molecule has 1 atom stereocenters. The van der Waals surface area contributed by atoms with Gasteiger partial charge in [-0.1, -0.05) is 26.8 Å². The third-order valence-electron chi connectivity index (χ3n) is 3.10. The molecule has 0 saturated heterocycles. The standard InChI is InChI=1S/C15H22F3NO2/c1-14(2,3)11-6-10(4-5-12(20)9-19)7-13(8-11)21-15(16,17)18/h6-8,12,20H,4-5,9,19H2,1-3H3. The molecule has 0 aromatic heterocycles. The van der Waals surface area contributed by atoms with E-state index >= 15 is 0 Å². The molecule has 0 fully saturated rings. The molecule has 6 heteroatoms. The quantitative estimate of drug-likeness (QED) is 0.878. The van der Waals surface area contributed by atoms with E-state index in [4.69, 9.17) is 5.73 Å². The molecular weight excluding hydrogens is 283 g/mol. The van der Waals surface area contributed by atoms with Gasteiger partial charge in [0.05, 0.1) is 6.10 Å². The summed E-state index contributed by atoms with van der Waals surface area (Å²) in [5.41, 5.74) is 6.47. The van der Waals surface area contributed by atoms with Crippen molar-refractivity contribution in [3.8, 4) is 5.75 Å². The summed E-state index contributed by atoms with van der Waals surface area (Å²) in [4.78, 5) is 0. The van der Waals surface area contributed by atoms with E-state index in [1.807, 2.05) is 26.8 Å². The van der Waals surface area contributed by atoms with E-state index in [2.05, 4.69) is 4.74 Å². The largest absolute Gasteiger partial charge is 0.573 e. The van der Waals surface area contributed by atoms with Gasteiger partial charge in [-0.15, -0.1) is 13.2 Å². The number of nitrogens with two attached hydrogens (primary N) is 1. The molecule has 0 saturated carbocycles. The summed E-state index contributed by atoms with van der Waals surface area (Å²) in [6, 6.07) is 4.59. The summed E-state index contributed by atoms with van der Waals surface area (Å²) in [5, 5.41) is 9.47. The van der Waals surface area contributed by atoms with Crippen molar-refractivity contribution in [1.82, 2.24) is 0 Å². The summed E-state index contributed by atoms with van der Waals surface area (Å²) in [6.45, 7) is 5.87. The number of aryl methyl sites for hydroxylation is 1. The molecule has 3 nitrogen and oxygen atoms in total. The normalized spacial score (nSPS) is 14.1. The number of halogens is 3. The number of rotatable bonds is 5. The molecule has 0 aliphatic rings. The zero-order valence-corrected chi connectivity index (χ0v) is 12.5. The zero-order chi connectivity index (χ0) is 16.3. The smallest absolute Gasteiger partial charge is 0.406 e. The van der Waals surface area contributed by atoms with Crippen LogP contribution in [0, 0.1) is 0 Å². The van der Waals surface area contributed by atoms with Crippen LogP contribution in [0.4, 0.5) is 13.2 Å². The van der Waals surface area contributed by atoms with Crippen molar-refractivity contribution in [2.75, 3.05) is 6.54 Å². The molecule has 1 unspecified atom stereocenters. The molecule has 0 aliphatic heterocycles. The molecule has 3 N–H and O–H groups in total. The number of hydrogen-bond donors (Lipinski definition) is 2. The van der Waals surface area contributed by atoms with Crippen LogP contribution in [-0.4, -0.2) is 24.1 Å². The minimum atomic E-state index is -4.72. The molecule has 21 heavy (non-hydrogen) atoms. The topological polar surface area (TPSA) is 55.5 Å². The van der Waals surface area contributed by atoms with E-state index in [0.29, 0.717) is 18.4 Å². The van der Waals surface area contributed by atoms with Crippen LogP contribution in [0.1, 0.15) is 38.3 Å². The Balaban J connectivity index is 3.04. The van der Waals surface area contributed by atoms with Gasteiger partial charge in [-0.25, -0.2) is 0 Å². The molecule has 1 rings (SSSR count). The lowest BCUT2D eigenvalue weighted by Gasteiger charge is -2.22. The second-order valence-corrected chi connectivity index (χ2v) is 6.09. The third-order valence-corrected chi connectivity index (χ3v) is 3.10. The SMILES string of the molecule is CC(C)(C)c1cc(CCC(O)CN)cc(OC(F)(F)F)c1. The van der Waals surface area contributed by atoms with Crippen molar-refractivity contribution >= 4 is 0 Å². The molecule has 0 bridgehead atoms. The van der Waals surface area contributed by atoms with Gasteiger partial charge in [0.25, 0.3) is 0 Å².